The van der Waals surface area contributed by atoms with Crippen molar-refractivity contribution in [3.05, 3.63) is 46.9 Å². The highest BCUT2D eigenvalue weighted by Gasteiger charge is 2.45. The fourth-order valence-electron chi connectivity index (χ4n) is 4.53. The number of aromatic nitrogens is 2. The third-order valence-corrected chi connectivity index (χ3v) is 7.22. The van der Waals surface area contributed by atoms with Crippen LogP contribution in [0, 0.1) is 18.8 Å². The molecule has 1 aliphatic carbocycles. The summed E-state index contributed by atoms with van der Waals surface area (Å²) in [4.78, 5) is 19.8. The SMILES string of the molecule is CCOC(=O)c1ccc(Cc2ccc(N3CC4CC4C3)nc2C)n1COCCCCSC. The highest BCUT2D eigenvalue weighted by atomic mass is 32.2. The van der Waals surface area contributed by atoms with Gasteiger partial charge in [-0.15, -0.1) is 0 Å². The van der Waals surface area contributed by atoms with Crippen LogP contribution in [-0.4, -0.2) is 53.8 Å². The van der Waals surface area contributed by atoms with E-state index in [1.54, 1.807) is 0 Å². The van der Waals surface area contributed by atoms with Crippen molar-refractivity contribution in [3.63, 3.8) is 0 Å². The molecular formula is C25H35N3O3S. The maximum Gasteiger partial charge on any atom is 0.355 e. The summed E-state index contributed by atoms with van der Waals surface area (Å²) in [7, 11) is 0. The predicted molar refractivity (Wildman–Crippen MR) is 130 cm³/mol. The van der Waals surface area contributed by atoms with Crippen molar-refractivity contribution >= 4 is 23.5 Å². The van der Waals surface area contributed by atoms with Gasteiger partial charge in [0.05, 0.1) is 6.61 Å². The molecule has 3 heterocycles. The Hall–Kier alpha value is -1.99. The zero-order valence-corrected chi connectivity index (χ0v) is 20.3. The Labute approximate surface area is 195 Å². The lowest BCUT2D eigenvalue weighted by atomic mass is 10.1. The summed E-state index contributed by atoms with van der Waals surface area (Å²) < 4.78 is 13.1. The van der Waals surface area contributed by atoms with E-state index in [0.717, 1.165) is 60.7 Å². The molecule has 7 heteroatoms. The van der Waals surface area contributed by atoms with Crippen molar-refractivity contribution in [1.82, 2.24) is 9.55 Å². The number of hydrogen-bond acceptors (Lipinski definition) is 6. The smallest absolute Gasteiger partial charge is 0.355 e. The number of unbranched alkanes of at least 4 members (excludes halogenated alkanes) is 1. The lowest BCUT2D eigenvalue weighted by Gasteiger charge is -2.20. The number of carbonyl (C=O) groups is 1. The van der Waals surface area contributed by atoms with Crippen LogP contribution in [-0.2, 0) is 22.6 Å². The van der Waals surface area contributed by atoms with Crippen LogP contribution in [0.4, 0.5) is 5.82 Å². The molecule has 4 rings (SSSR count). The van der Waals surface area contributed by atoms with Crippen molar-refractivity contribution in [2.24, 2.45) is 11.8 Å². The molecule has 2 aromatic heterocycles. The van der Waals surface area contributed by atoms with Crippen molar-refractivity contribution in [3.8, 4) is 0 Å². The fraction of sp³-hybridized carbons (Fsp3) is 0.600. The van der Waals surface area contributed by atoms with Gasteiger partial charge in [0.1, 0.15) is 18.2 Å². The van der Waals surface area contributed by atoms with Gasteiger partial charge >= 0.3 is 5.97 Å². The predicted octanol–water partition coefficient (Wildman–Crippen LogP) is 4.53. The van der Waals surface area contributed by atoms with Crippen molar-refractivity contribution in [2.45, 2.75) is 46.3 Å². The van der Waals surface area contributed by atoms with E-state index < -0.39 is 0 Å². The first-order valence-corrected chi connectivity index (χ1v) is 13.1. The first-order chi connectivity index (χ1) is 15.6. The molecule has 1 saturated carbocycles. The number of aryl methyl sites for hydroxylation is 1. The Morgan fingerprint density at radius 1 is 1.19 bits per heavy atom. The molecule has 32 heavy (non-hydrogen) atoms. The molecule has 2 aliphatic rings. The zero-order valence-electron chi connectivity index (χ0n) is 19.5. The summed E-state index contributed by atoms with van der Waals surface area (Å²) in [5, 5.41) is 0. The van der Waals surface area contributed by atoms with E-state index in [-0.39, 0.29) is 5.97 Å². The molecule has 6 nitrogen and oxygen atoms in total. The summed E-state index contributed by atoms with van der Waals surface area (Å²) in [6, 6.07) is 8.18. The molecule has 0 N–H and O–H groups in total. The lowest BCUT2D eigenvalue weighted by Crippen LogP contribution is -2.23. The average molecular weight is 458 g/mol. The number of piperidine rings is 1. The molecule has 174 valence electrons. The number of fused-ring (bicyclic) bond motifs is 1. The second-order valence-corrected chi connectivity index (χ2v) is 9.83. The molecule has 2 aromatic rings. The van der Waals surface area contributed by atoms with Gasteiger partial charge in [-0.05, 0) is 80.7 Å². The van der Waals surface area contributed by atoms with Crippen molar-refractivity contribution < 1.29 is 14.3 Å². The van der Waals surface area contributed by atoms with E-state index in [9.17, 15) is 4.79 Å². The molecule has 1 saturated heterocycles. The van der Waals surface area contributed by atoms with Crippen LogP contribution in [0.5, 0.6) is 0 Å². The number of rotatable bonds is 12. The number of hydrogen-bond donors (Lipinski definition) is 0. The zero-order chi connectivity index (χ0) is 22.5. The van der Waals surface area contributed by atoms with Crippen LogP contribution in [0.3, 0.4) is 0 Å². The van der Waals surface area contributed by atoms with Crippen LogP contribution in [0.15, 0.2) is 24.3 Å². The van der Waals surface area contributed by atoms with Crippen LogP contribution < -0.4 is 4.90 Å². The summed E-state index contributed by atoms with van der Waals surface area (Å²) in [5.74, 6) is 3.72. The summed E-state index contributed by atoms with van der Waals surface area (Å²) in [6.07, 6.45) is 6.39. The Kier molecular flexibility index (Phi) is 7.79. The highest BCUT2D eigenvalue weighted by Crippen LogP contribution is 2.46. The summed E-state index contributed by atoms with van der Waals surface area (Å²) in [5.41, 5.74) is 3.81. The van der Waals surface area contributed by atoms with Gasteiger partial charge in [-0.3, -0.25) is 0 Å². The summed E-state index contributed by atoms with van der Waals surface area (Å²) in [6.45, 7) is 7.61. The second-order valence-electron chi connectivity index (χ2n) is 8.85. The monoisotopic (exact) mass is 457 g/mol. The van der Waals surface area contributed by atoms with Gasteiger partial charge < -0.3 is 18.9 Å². The third-order valence-electron chi connectivity index (χ3n) is 6.52. The normalized spacial score (nSPS) is 19.3. The number of carbonyl (C=O) groups excluding carboxylic acids is 1. The minimum atomic E-state index is -0.303. The Morgan fingerprint density at radius 2 is 2.00 bits per heavy atom. The fourth-order valence-corrected chi connectivity index (χ4v) is 5.02. The summed E-state index contributed by atoms with van der Waals surface area (Å²) >= 11 is 1.85. The topological polar surface area (TPSA) is 56.6 Å². The molecular weight excluding hydrogens is 422 g/mol. The first kappa shape index (κ1) is 23.2. The minimum Gasteiger partial charge on any atom is -0.461 e. The van der Waals surface area contributed by atoms with E-state index in [1.807, 2.05) is 35.4 Å². The van der Waals surface area contributed by atoms with Crippen LogP contribution in [0.2, 0.25) is 0 Å². The highest BCUT2D eigenvalue weighted by molar-refractivity contribution is 7.98. The maximum atomic E-state index is 12.5. The number of pyridine rings is 1. The minimum absolute atomic E-state index is 0.303. The first-order valence-electron chi connectivity index (χ1n) is 11.7. The van der Waals surface area contributed by atoms with Crippen LogP contribution >= 0.6 is 11.8 Å². The molecule has 0 aromatic carbocycles. The van der Waals surface area contributed by atoms with E-state index in [2.05, 4.69) is 30.2 Å². The van der Waals surface area contributed by atoms with Gasteiger partial charge in [0.2, 0.25) is 0 Å². The third kappa shape index (κ3) is 5.49. The number of anilines is 1. The van der Waals surface area contributed by atoms with Gasteiger partial charge in [0.15, 0.2) is 0 Å². The Balaban J connectivity index is 1.45. The number of nitrogens with zero attached hydrogens (tertiary/aromatic N) is 3. The van der Waals surface area contributed by atoms with E-state index in [4.69, 9.17) is 14.5 Å². The standard InChI is InChI=1S/C25H35N3O3S/c1-4-31-25(29)23-9-8-22(28(23)17-30-11-5-6-12-32-3)14-19-7-10-24(26-18(19)2)27-15-20-13-21(20)16-27/h7-10,20-21H,4-6,11-17H2,1-3H3. The average Bonchev–Trinajstić information content (AvgIpc) is 3.19. The quantitative estimate of drug-likeness (QED) is 0.345. The molecule has 0 spiro atoms. The number of ether oxygens (including phenoxy) is 2. The van der Waals surface area contributed by atoms with Crippen molar-refractivity contribution in [2.75, 3.05) is 43.2 Å². The molecule has 2 fully saturated rings. The van der Waals surface area contributed by atoms with Crippen LogP contribution in [0.1, 0.15) is 53.6 Å². The second kappa shape index (κ2) is 10.8. The van der Waals surface area contributed by atoms with E-state index in [0.29, 0.717) is 32.1 Å². The van der Waals surface area contributed by atoms with E-state index in [1.165, 1.54) is 12.0 Å². The molecule has 0 bridgehead atoms. The van der Waals surface area contributed by atoms with Gasteiger partial charge in [-0.1, -0.05) is 6.07 Å². The molecule has 1 aliphatic heterocycles. The van der Waals surface area contributed by atoms with E-state index >= 15 is 0 Å². The maximum absolute atomic E-state index is 12.5. The largest absolute Gasteiger partial charge is 0.461 e. The van der Waals surface area contributed by atoms with Gasteiger partial charge in [0, 0.05) is 37.5 Å². The number of thioether (sulfide) groups is 1. The molecule has 2 unspecified atom stereocenters. The van der Waals surface area contributed by atoms with Gasteiger partial charge in [0.25, 0.3) is 0 Å². The molecule has 0 radical (unpaired) electrons. The molecule has 2 atom stereocenters. The van der Waals surface area contributed by atoms with Crippen molar-refractivity contribution in [1.29, 1.82) is 0 Å². The lowest BCUT2D eigenvalue weighted by molar-refractivity contribution is 0.0455. The number of esters is 1. The van der Waals surface area contributed by atoms with Gasteiger partial charge in [-0.25, -0.2) is 9.78 Å². The molecule has 0 amide bonds. The Bertz CT molecular complexity index is 919. The Morgan fingerprint density at radius 3 is 2.72 bits per heavy atom. The van der Waals surface area contributed by atoms with Gasteiger partial charge in [-0.2, -0.15) is 11.8 Å². The van der Waals surface area contributed by atoms with Crippen LogP contribution in [0.25, 0.3) is 0 Å².